The van der Waals surface area contributed by atoms with Gasteiger partial charge in [0.25, 0.3) is 11.8 Å². The second-order valence-electron chi connectivity index (χ2n) is 7.46. The van der Waals surface area contributed by atoms with E-state index in [0.717, 1.165) is 31.7 Å². The Morgan fingerprint density at radius 2 is 2.11 bits per heavy atom. The number of halogens is 2. The standard InChI is InChI=1S/C18H23F2N5O2/c1-13-4-5-15(27-13)10-24-12-18(19,20)8-14(24)9-25-11-16(21-22-25)17(26)23-6-2-3-7-23/h4-5,11,14H,2-3,6-10,12H2,1H3. The zero-order chi connectivity index (χ0) is 19.0. The molecule has 9 heteroatoms. The lowest BCUT2D eigenvalue weighted by atomic mass is 10.2. The van der Waals surface area contributed by atoms with Crippen LogP contribution in [0.4, 0.5) is 8.78 Å². The summed E-state index contributed by atoms with van der Waals surface area (Å²) in [5.41, 5.74) is 0.273. The fraction of sp³-hybridized carbons (Fsp3) is 0.611. The van der Waals surface area contributed by atoms with Crippen molar-refractivity contribution in [1.82, 2.24) is 24.8 Å². The van der Waals surface area contributed by atoms with Crippen LogP contribution in [0.1, 0.15) is 41.3 Å². The highest BCUT2D eigenvalue weighted by atomic mass is 19.3. The molecule has 2 aromatic heterocycles. The van der Waals surface area contributed by atoms with Gasteiger partial charge in [-0.15, -0.1) is 5.10 Å². The Morgan fingerprint density at radius 3 is 2.81 bits per heavy atom. The minimum Gasteiger partial charge on any atom is -0.465 e. The number of furan rings is 1. The number of aryl methyl sites for hydroxylation is 1. The van der Waals surface area contributed by atoms with Gasteiger partial charge in [0.1, 0.15) is 11.5 Å². The second-order valence-corrected chi connectivity index (χ2v) is 7.46. The van der Waals surface area contributed by atoms with E-state index in [1.807, 2.05) is 19.1 Å². The molecule has 1 amide bonds. The first-order chi connectivity index (χ1) is 12.9. The van der Waals surface area contributed by atoms with E-state index in [1.54, 1.807) is 16.0 Å². The van der Waals surface area contributed by atoms with Crippen LogP contribution in [0.2, 0.25) is 0 Å². The Hall–Kier alpha value is -2.29. The number of likely N-dealkylation sites (tertiary alicyclic amines) is 2. The summed E-state index contributed by atoms with van der Waals surface area (Å²) in [6.45, 7) is 3.56. The summed E-state index contributed by atoms with van der Waals surface area (Å²) in [7, 11) is 0. The predicted molar refractivity (Wildman–Crippen MR) is 92.4 cm³/mol. The molecule has 0 bridgehead atoms. The van der Waals surface area contributed by atoms with Crippen molar-refractivity contribution in [2.45, 2.75) is 51.2 Å². The molecule has 4 rings (SSSR count). The van der Waals surface area contributed by atoms with Crippen LogP contribution in [0.25, 0.3) is 0 Å². The monoisotopic (exact) mass is 379 g/mol. The summed E-state index contributed by atoms with van der Waals surface area (Å²) < 4.78 is 35.1. The third-order valence-electron chi connectivity index (χ3n) is 5.19. The predicted octanol–water partition coefficient (Wildman–Crippen LogP) is 2.33. The SMILES string of the molecule is Cc1ccc(CN2CC(F)(F)CC2Cn2cc(C(=O)N3CCCC3)nn2)o1. The van der Waals surface area contributed by atoms with Gasteiger partial charge in [0.15, 0.2) is 5.69 Å². The number of aromatic nitrogens is 3. The molecule has 2 aromatic rings. The fourth-order valence-corrected chi connectivity index (χ4v) is 3.88. The molecule has 0 aromatic carbocycles. The molecule has 1 atom stereocenters. The van der Waals surface area contributed by atoms with Crippen LogP contribution in [0.3, 0.4) is 0 Å². The molecule has 0 spiro atoms. The average Bonchev–Trinajstić information content (AvgIpc) is 3.37. The number of nitrogens with zero attached hydrogens (tertiary/aromatic N) is 5. The average molecular weight is 379 g/mol. The van der Waals surface area contributed by atoms with Crippen LogP contribution in [0.5, 0.6) is 0 Å². The highest BCUT2D eigenvalue weighted by Gasteiger charge is 2.45. The quantitative estimate of drug-likeness (QED) is 0.798. The fourth-order valence-electron chi connectivity index (χ4n) is 3.88. The van der Waals surface area contributed by atoms with Gasteiger partial charge in [0.2, 0.25) is 0 Å². The Morgan fingerprint density at radius 1 is 1.33 bits per heavy atom. The first kappa shape index (κ1) is 18.1. The zero-order valence-corrected chi connectivity index (χ0v) is 15.3. The van der Waals surface area contributed by atoms with E-state index in [9.17, 15) is 13.6 Å². The molecule has 0 aliphatic carbocycles. The number of hydrogen-bond donors (Lipinski definition) is 0. The summed E-state index contributed by atoms with van der Waals surface area (Å²) in [6, 6.07) is 3.24. The summed E-state index contributed by atoms with van der Waals surface area (Å²) in [4.78, 5) is 15.8. The van der Waals surface area contributed by atoms with E-state index in [4.69, 9.17) is 4.42 Å². The van der Waals surface area contributed by atoms with E-state index in [-0.39, 0.29) is 31.1 Å². The molecule has 0 N–H and O–H groups in total. The van der Waals surface area contributed by atoms with Crippen molar-refractivity contribution in [1.29, 1.82) is 0 Å². The van der Waals surface area contributed by atoms with Crippen molar-refractivity contribution >= 4 is 5.91 Å². The Bertz CT molecular complexity index is 812. The maximum absolute atomic E-state index is 14.0. The molecule has 2 fully saturated rings. The van der Waals surface area contributed by atoms with Gasteiger partial charge in [-0.1, -0.05) is 5.21 Å². The van der Waals surface area contributed by atoms with Crippen molar-refractivity contribution in [2.24, 2.45) is 0 Å². The van der Waals surface area contributed by atoms with Crippen LogP contribution in [0.15, 0.2) is 22.7 Å². The number of alkyl halides is 2. The lowest BCUT2D eigenvalue weighted by Gasteiger charge is -2.22. The van der Waals surface area contributed by atoms with Crippen LogP contribution < -0.4 is 0 Å². The molecule has 27 heavy (non-hydrogen) atoms. The Kier molecular flexibility index (Phi) is 4.71. The van der Waals surface area contributed by atoms with Gasteiger partial charge in [0, 0.05) is 25.6 Å². The topological polar surface area (TPSA) is 67.4 Å². The van der Waals surface area contributed by atoms with Crippen LogP contribution in [0, 0.1) is 6.92 Å². The first-order valence-corrected chi connectivity index (χ1v) is 9.26. The first-order valence-electron chi connectivity index (χ1n) is 9.26. The number of carbonyl (C=O) groups is 1. The van der Waals surface area contributed by atoms with Gasteiger partial charge < -0.3 is 9.32 Å². The van der Waals surface area contributed by atoms with Crippen molar-refractivity contribution in [3.8, 4) is 0 Å². The third-order valence-corrected chi connectivity index (χ3v) is 5.19. The molecule has 2 aliphatic heterocycles. The lowest BCUT2D eigenvalue weighted by molar-refractivity contribution is 0.0108. The van der Waals surface area contributed by atoms with Crippen LogP contribution in [-0.4, -0.2) is 62.3 Å². The molecule has 2 saturated heterocycles. The van der Waals surface area contributed by atoms with Crippen molar-refractivity contribution < 1.29 is 18.0 Å². The number of rotatable bonds is 5. The number of carbonyl (C=O) groups excluding carboxylic acids is 1. The molecule has 146 valence electrons. The van der Waals surface area contributed by atoms with E-state index < -0.39 is 12.0 Å². The van der Waals surface area contributed by atoms with Gasteiger partial charge in [-0.05, 0) is 31.9 Å². The molecular weight excluding hydrogens is 356 g/mol. The van der Waals surface area contributed by atoms with E-state index in [0.29, 0.717) is 12.3 Å². The third kappa shape index (κ3) is 4.02. The van der Waals surface area contributed by atoms with E-state index in [2.05, 4.69) is 10.3 Å². The minimum atomic E-state index is -2.75. The van der Waals surface area contributed by atoms with E-state index >= 15 is 0 Å². The van der Waals surface area contributed by atoms with Crippen LogP contribution in [-0.2, 0) is 13.1 Å². The molecule has 0 saturated carbocycles. The Labute approximate surface area is 155 Å². The maximum atomic E-state index is 14.0. The van der Waals surface area contributed by atoms with Gasteiger partial charge >= 0.3 is 0 Å². The normalized spacial score (nSPS) is 22.6. The highest BCUT2D eigenvalue weighted by molar-refractivity contribution is 5.92. The summed E-state index contributed by atoms with van der Waals surface area (Å²) >= 11 is 0. The van der Waals surface area contributed by atoms with Crippen molar-refractivity contribution in [3.05, 3.63) is 35.5 Å². The summed E-state index contributed by atoms with van der Waals surface area (Å²) in [6.07, 6.45) is 3.31. The molecule has 1 unspecified atom stereocenters. The summed E-state index contributed by atoms with van der Waals surface area (Å²) in [5, 5.41) is 7.94. The zero-order valence-electron chi connectivity index (χ0n) is 15.3. The van der Waals surface area contributed by atoms with Gasteiger partial charge in [-0.2, -0.15) is 0 Å². The van der Waals surface area contributed by atoms with Crippen molar-refractivity contribution in [3.63, 3.8) is 0 Å². The second kappa shape index (κ2) is 7.03. The highest BCUT2D eigenvalue weighted by Crippen LogP contribution is 2.34. The largest absolute Gasteiger partial charge is 0.465 e. The molecular formula is C18H23F2N5O2. The van der Waals surface area contributed by atoms with Gasteiger partial charge in [-0.25, -0.2) is 8.78 Å². The van der Waals surface area contributed by atoms with Gasteiger partial charge in [-0.3, -0.25) is 14.4 Å². The maximum Gasteiger partial charge on any atom is 0.276 e. The molecule has 7 nitrogen and oxygen atoms in total. The molecule has 4 heterocycles. The number of amides is 1. The summed E-state index contributed by atoms with van der Waals surface area (Å²) in [5.74, 6) is -1.47. The van der Waals surface area contributed by atoms with Gasteiger partial charge in [0.05, 0.1) is 25.8 Å². The minimum absolute atomic E-state index is 0.140. The Balaban J connectivity index is 1.44. The van der Waals surface area contributed by atoms with Crippen LogP contribution >= 0.6 is 0 Å². The molecule has 2 aliphatic rings. The van der Waals surface area contributed by atoms with E-state index in [1.165, 1.54) is 4.68 Å². The number of hydrogen-bond acceptors (Lipinski definition) is 5. The lowest BCUT2D eigenvalue weighted by Crippen LogP contribution is -2.33. The molecule has 0 radical (unpaired) electrons. The van der Waals surface area contributed by atoms with Crippen molar-refractivity contribution in [2.75, 3.05) is 19.6 Å². The smallest absolute Gasteiger partial charge is 0.276 e.